The fourth-order valence-corrected chi connectivity index (χ4v) is 3.53. The molecule has 0 radical (unpaired) electrons. The van der Waals surface area contributed by atoms with Crippen LogP contribution < -0.4 is 0 Å². The first kappa shape index (κ1) is 15.9. The van der Waals surface area contributed by atoms with Gasteiger partial charge in [0.15, 0.2) is 0 Å². The Morgan fingerprint density at radius 2 is 2.05 bits per heavy atom. The molecule has 1 aliphatic heterocycles. The third-order valence-electron chi connectivity index (χ3n) is 3.65. The standard InChI is InChI=1S/C16H21NO3S/c18-15(17-10-4-6-13(17)12-16(19)20)9-5-11-21-14-7-2-1-3-8-14/h1-3,7-8,13H,4-6,9-12H2,(H,19,20). The molecule has 0 spiro atoms. The van der Waals surface area contributed by atoms with Crippen molar-refractivity contribution in [2.24, 2.45) is 0 Å². The van der Waals surface area contributed by atoms with Gasteiger partial charge >= 0.3 is 5.97 Å². The highest BCUT2D eigenvalue weighted by atomic mass is 32.2. The summed E-state index contributed by atoms with van der Waals surface area (Å²) in [5, 5.41) is 8.87. The summed E-state index contributed by atoms with van der Waals surface area (Å²) in [5.41, 5.74) is 0. The van der Waals surface area contributed by atoms with Gasteiger partial charge < -0.3 is 10.0 Å². The lowest BCUT2D eigenvalue weighted by atomic mass is 10.1. The minimum absolute atomic E-state index is 0.0739. The van der Waals surface area contributed by atoms with Crippen molar-refractivity contribution >= 4 is 23.6 Å². The molecule has 1 N–H and O–H groups in total. The molecule has 0 saturated carbocycles. The highest BCUT2D eigenvalue weighted by molar-refractivity contribution is 7.99. The van der Waals surface area contributed by atoms with Crippen LogP contribution in [0.3, 0.4) is 0 Å². The molecule has 1 aromatic rings. The van der Waals surface area contributed by atoms with Gasteiger partial charge in [0.1, 0.15) is 0 Å². The molecule has 21 heavy (non-hydrogen) atoms. The van der Waals surface area contributed by atoms with Crippen LogP contribution in [0.15, 0.2) is 35.2 Å². The number of hydrogen-bond acceptors (Lipinski definition) is 3. The molecule has 4 nitrogen and oxygen atoms in total. The van der Waals surface area contributed by atoms with Gasteiger partial charge in [-0.1, -0.05) is 18.2 Å². The Bertz CT molecular complexity index is 478. The average molecular weight is 307 g/mol. The molecule has 1 atom stereocenters. The molecule has 0 aromatic heterocycles. The molecular formula is C16H21NO3S. The van der Waals surface area contributed by atoms with Crippen molar-refractivity contribution in [2.75, 3.05) is 12.3 Å². The van der Waals surface area contributed by atoms with E-state index >= 15 is 0 Å². The number of carboxylic acids is 1. The Labute approximate surface area is 129 Å². The lowest BCUT2D eigenvalue weighted by Crippen LogP contribution is -2.36. The van der Waals surface area contributed by atoms with E-state index in [-0.39, 0.29) is 18.4 Å². The molecule has 0 aliphatic carbocycles. The van der Waals surface area contributed by atoms with E-state index in [0.29, 0.717) is 13.0 Å². The lowest BCUT2D eigenvalue weighted by Gasteiger charge is -2.23. The summed E-state index contributed by atoms with van der Waals surface area (Å²) >= 11 is 1.75. The van der Waals surface area contributed by atoms with Crippen LogP contribution in [-0.2, 0) is 9.59 Å². The zero-order valence-corrected chi connectivity index (χ0v) is 12.8. The highest BCUT2D eigenvalue weighted by Crippen LogP contribution is 2.23. The Morgan fingerprint density at radius 1 is 1.29 bits per heavy atom. The summed E-state index contributed by atoms with van der Waals surface area (Å²) in [6.45, 7) is 0.711. The molecule has 1 fully saturated rings. The van der Waals surface area contributed by atoms with Gasteiger partial charge in [-0.15, -0.1) is 11.8 Å². The number of nitrogens with zero attached hydrogens (tertiary/aromatic N) is 1. The van der Waals surface area contributed by atoms with E-state index in [9.17, 15) is 9.59 Å². The van der Waals surface area contributed by atoms with Crippen LogP contribution in [0.5, 0.6) is 0 Å². The van der Waals surface area contributed by atoms with E-state index in [2.05, 4.69) is 12.1 Å². The van der Waals surface area contributed by atoms with Crippen molar-refractivity contribution in [1.82, 2.24) is 4.90 Å². The Hall–Kier alpha value is -1.49. The topological polar surface area (TPSA) is 57.6 Å². The molecule has 1 saturated heterocycles. The second-order valence-electron chi connectivity index (χ2n) is 5.25. The van der Waals surface area contributed by atoms with Crippen LogP contribution >= 0.6 is 11.8 Å². The number of amides is 1. The first-order chi connectivity index (χ1) is 10.2. The molecule has 1 aliphatic rings. The number of benzene rings is 1. The van der Waals surface area contributed by atoms with Crippen LogP contribution in [0.2, 0.25) is 0 Å². The maximum Gasteiger partial charge on any atom is 0.305 e. The predicted molar refractivity (Wildman–Crippen MR) is 83.4 cm³/mol. The van der Waals surface area contributed by atoms with Crippen LogP contribution in [0.25, 0.3) is 0 Å². The van der Waals surface area contributed by atoms with Gasteiger partial charge in [-0.05, 0) is 37.1 Å². The molecule has 1 aromatic carbocycles. The fourth-order valence-electron chi connectivity index (χ4n) is 2.65. The number of hydrogen-bond donors (Lipinski definition) is 1. The average Bonchev–Trinajstić information content (AvgIpc) is 2.92. The number of rotatable bonds is 7. The summed E-state index contributed by atoms with van der Waals surface area (Å²) < 4.78 is 0. The van der Waals surface area contributed by atoms with E-state index in [1.807, 2.05) is 18.2 Å². The first-order valence-electron chi connectivity index (χ1n) is 7.36. The third kappa shape index (κ3) is 5.08. The lowest BCUT2D eigenvalue weighted by molar-refractivity contribution is -0.139. The van der Waals surface area contributed by atoms with Gasteiger partial charge in [-0.2, -0.15) is 0 Å². The predicted octanol–water partition coefficient (Wildman–Crippen LogP) is 3.02. The monoisotopic (exact) mass is 307 g/mol. The van der Waals surface area contributed by atoms with Gasteiger partial charge in [-0.3, -0.25) is 9.59 Å². The first-order valence-corrected chi connectivity index (χ1v) is 8.34. The molecule has 5 heteroatoms. The summed E-state index contributed by atoms with van der Waals surface area (Å²) in [7, 11) is 0. The summed E-state index contributed by atoms with van der Waals surface area (Å²) in [4.78, 5) is 26.0. The Balaban J connectivity index is 1.70. The van der Waals surface area contributed by atoms with E-state index < -0.39 is 5.97 Å². The normalized spacial score (nSPS) is 17.9. The van der Waals surface area contributed by atoms with Crippen molar-refractivity contribution in [3.63, 3.8) is 0 Å². The Kier molecular flexibility index (Phi) is 6.11. The summed E-state index contributed by atoms with van der Waals surface area (Å²) in [6.07, 6.45) is 3.15. The molecule has 1 unspecified atom stereocenters. The van der Waals surface area contributed by atoms with Crippen molar-refractivity contribution < 1.29 is 14.7 Å². The zero-order chi connectivity index (χ0) is 15.1. The van der Waals surface area contributed by atoms with Crippen molar-refractivity contribution in [3.05, 3.63) is 30.3 Å². The third-order valence-corrected chi connectivity index (χ3v) is 4.75. The quantitative estimate of drug-likeness (QED) is 0.621. The van der Waals surface area contributed by atoms with E-state index in [1.54, 1.807) is 16.7 Å². The second kappa shape index (κ2) is 8.08. The van der Waals surface area contributed by atoms with Gasteiger partial charge in [0, 0.05) is 23.9 Å². The number of carboxylic acid groups (broad SMARTS) is 1. The Morgan fingerprint density at radius 3 is 2.76 bits per heavy atom. The van der Waals surface area contributed by atoms with Crippen LogP contribution in [0.1, 0.15) is 32.1 Å². The SMILES string of the molecule is O=C(O)CC1CCCN1C(=O)CCCSc1ccccc1. The van der Waals surface area contributed by atoms with E-state index in [4.69, 9.17) is 5.11 Å². The molecule has 114 valence electrons. The van der Waals surface area contributed by atoms with Crippen molar-refractivity contribution in [1.29, 1.82) is 0 Å². The van der Waals surface area contributed by atoms with Crippen molar-refractivity contribution in [3.8, 4) is 0 Å². The minimum atomic E-state index is -0.820. The molecular weight excluding hydrogens is 286 g/mol. The molecule has 2 rings (SSSR count). The summed E-state index contributed by atoms with van der Waals surface area (Å²) in [6, 6.07) is 10.0. The van der Waals surface area contributed by atoms with Gasteiger partial charge in [0.2, 0.25) is 5.91 Å². The number of carbonyl (C=O) groups excluding carboxylic acids is 1. The number of likely N-dealkylation sites (tertiary alicyclic amines) is 1. The maximum absolute atomic E-state index is 12.2. The van der Waals surface area contributed by atoms with Crippen LogP contribution in [-0.4, -0.2) is 40.2 Å². The number of thioether (sulfide) groups is 1. The number of aliphatic carboxylic acids is 1. The molecule has 0 bridgehead atoms. The summed E-state index contributed by atoms with van der Waals surface area (Å²) in [5.74, 6) is 0.194. The van der Waals surface area contributed by atoms with Crippen LogP contribution in [0, 0.1) is 0 Å². The number of carbonyl (C=O) groups is 2. The van der Waals surface area contributed by atoms with Gasteiger partial charge in [-0.25, -0.2) is 0 Å². The maximum atomic E-state index is 12.2. The highest BCUT2D eigenvalue weighted by Gasteiger charge is 2.29. The van der Waals surface area contributed by atoms with E-state index in [0.717, 1.165) is 25.0 Å². The van der Waals surface area contributed by atoms with E-state index in [1.165, 1.54) is 4.90 Å². The molecule has 1 heterocycles. The smallest absolute Gasteiger partial charge is 0.305 e. The minimum Gasteiger partial charge on any atom is -0.481 e. The largest absolute Gasteiger partial charge is 0.481 e. The van der Waals surface area contributed by atoms with Crippen LogP contribution in [0.4, 0.5) is 0 Å². The van der Waals surface area contributed by atoms with Gasteiger partial charge in [0.05, 0.1) is 6.42 Å². The molecule has 1 amide bonds. The fraction of sp³-hybridized carbons (Fsp3) is 0.500. The second-order valence-corrected chi connectivity index (χ2v) is 6.41. The zero-order valence-electron chi connectivity index (χ0n) is 12.0. The van der Waals surface area contributed by atoms with Gasteiger partial charge in [0.25, 0.3) is 0 Å². The van der Waals surface area contributed by atoms with Crippen molar-refractivity contribution in [2.45, 2.75) is 43.0 Å².